The minimum atomic E-state index is -2.96. The summed E-state index contributed by atoms with van der Waals surface area (Å²) in [6, 6.07) is 0. The molecule has 0 radical (unpaired) electrons. The molecule has 0 aliphatic rings. The molecule has 188 valence electrons. The van der Waals surface area contributed by atoms with Crippen LogP contribution in [0.4, 0.5) is 0 Å². The summed E-state index contributed by atoms with van der Waals surface area (Å²) < 4.78 is 58.2. The molecule has 0 bridgehead atoms. The van der Waals surface area contributed by atoms with Crippen LogP contribution in [0.5, 0.6) is 0 Å². The average Bonchev–Trinajstić information content (AvgIpc) is 2.63. The maximum absolute atomic E-state index is 13.5. The van der Waals surface area contributed by atoms with Crippen molar-refractivity contribution in [3.8, 4) is 0 Å². The van der Waals surface area contributed by atoms with Gasteiger partial charge in [-0.15, -0.1) is 0 Å². The lowest BCUT2D eigenvalue weighted by atomic mass is 10.3. The molecule has 0 saturated heterocycles. The van der Waals surface area contributed by atoms with Crippen LogP contribution >= 0.6 is 22.1 Å². The van der Waals surface area contributed by atoms with Crippen molar-refractivity contribution in [1.82, 2.24) is 0 Å². The van der Waals surface area contributed by atoms with Crippen molar-refractivity contribution in [2.75, 3.05) is 13.2 Å². The third-order valence-electron chi connectivity index (χ3n) is 5.83. The highest BCUT2D eigenvalue weighted by Crippen LogP contribution is 2.60. The van der Waals surface area contributed by atoms with Crippen molar-refractivity contribution in [3.05, 3.63) is 0 Å². The lowest BCUT2D eigenvalue weighted by Gasteiger charge is -2.33. The minimum absolute atomic E-state index is 0.0775. The Morgan fingerprint density at radius 2 is 0.839 bits per heavy atom. The van der Waals surface area contributed by atoms with Crippen LogP contribution in [0.2, 0.25) is 0 Å². The molecule has 0 rings (SSSR count). The first-order valence-corrected chi connectivity index (χ1v) is 17.0. The first kappa shape index (κ1) is 31.6. The van der Waals surface area contributed by atoms with Gasteiger partial charge in [0.1, 0.15) is 0 Å². The fraction of sp³-hybridized carbons (Fsp3) is 1.00. The molecule has 9 heteroatoms. The van der Waals surface area contributed by atoms with E-state index in [-0.39, 0.29) is 47.2 Å². The summed E-state index contributed by atoms with van der Waals surface area (Å²) in [4.78, 5) is 0. The van der Waals surface area contributed by atoms with Crippen molar-refractivity contribution >= 4 is 22.1 Å². The van der Waals surface area contributed by atoms with Crippen LogP contribution in [0.25, 0.3) is 0 Å². The van der Waals surface area contributed by atoms with Crippen LogP contribution in [-0.4, -0.2) is 53.3 Å². The van der Waals surface area contributed by atoms with Gasteiger partial charge in [-0.3, -0.25) is 13.7 Å². The minimum Gasteiger partial charge on any atom is -0.328 e. The molecule has 0 N–H and O–H groups in total. The van der Waals surface area contributed by atoms with E-state index in [9.17, 15) is 13.7 Å². The van der Waals surface area contributed by atoms with Gasteiger partial charge in [0, 0.05) is 40.4 Å². The van der Waals surface area contributed by atoms with Crippen LogP contribution in [0.15, 0.2) is 0 Å². The molecule has 31 heavy (non-hydrogen) atoms. The third kappa shape index (κ3) is 8.38. The molecule has 0 saturated carbocycles. The predicted molar refractivity (Wildman–Crippen MR) is 135 cm³/mol. The third-order valence-corrected chi connectivity index (χ3v) is 16.2. The zero-order chi connectivity index (χ0) is 24.8. The summed E-state index contributed by atoms with van der Waals surface area (Å²) in [5.41, 5.74) is -0.682. The van der Waals surface area contributed by atoms with Gasteiger partial charge >= 0.3 is 0 Å². The Morgan fingerprint density at radius 3 is 1.16 bits per heavy atom. The molecule has 1 atom stereocenters. The van der Waals surface area contributed by atoms with Crippen molar-refractivity contribution < 1.29 is 27.3 Å². The number of rotatable bonds is 15. The highest BCUT2D eigenvalue weighted by molar-refractivity contribution is 7.61. The van der Waals surface area contributed by atoms with Crippen LogP contribution in [0.1, 0.15) is 89.5 Å². The molecular weight excluding hydrogens is 453 g/mol. The van der Waals surface area contributed by atoms with Gasteiger partial charge in [-0.05, 0) is 0 Å². The summed E-state index contributed by atoms with van der Waals surface area (Å²) in [7, 11) is -8.67. The van der Waals surface area contributed by atoms with E-state index in [1.165, 1.54) is 0 Å². The Balaban J connectivity index is 5.62. The fourth-order valence-corrected chi connectivity index (χ4v) is 10.2. The summed E-state index contributed by atoms with van der Waals surface area (Å²) in [6.07, 6.45) is -0.169. The van der Waals surface area contributed by atoms with E-state index in [0.29, 0.717) is 6.42 Å². The molecule has 0 amide bonds. The summed E-state index contributed by atoms with van der Waals surface area (Å²) >= 11 is 0. The second-order valence-corrected chi connectivity index (χ2v) is 20.9. The topological polar surface area (TPSA) is 78.9 Å². The van der Waals surface area contributed by atoms with E-state index >= 15 is 0 Å². The van der Waals surface area contributed by atoms with Crippen molar-refractivity contribution in [2.45, 2.75) is 130 Å². The Labute approximate surface area is 192 Å². The highest BCUT2D eigenvalue weighted by atomic mass is 31.2. The van der Waals surface area contributed by atoms with Crippen LogP contribution in [0, 0.1) is 0 Å². The Bertz CT molecular complexity index is 634. The quantitative estimate of drug-likeness (QED) is 0.211. The summed E-state index contributed by atoms with van der Waals surface area (Å²) in [6.45, 7) is 23.1. The number of hydrogen-bond donors (Lipinski definition) is 0. The van der Waals surface area contributed by atoms with E-state index in [1.54, 1.807) is 0 Å². The molecular formula is C22H49O6P3. The Kier molecular flexibility index (Phi) is 13.1. The molecule has 0 aromatic heterocycles. The van der Waals surface area contributed by atoms with Crippen molar-refractivity contribution in [2.24, 2.45) is 0 Å². The molecule has 0 heterocycles. The van der Waals surface area contributed by atoms with Gasteiger partial charge in [-0.25, -0.2) is 0 Å². The predicted octanol–water partition coefficient (Wildman–Crippen LogP) is 8.08. The van der Waals surface area contributed by atoms with Gasteiger partial charge in [0.15, 0.2) is 0 Å². The van der Waals surface area contributed by atoms with E-state index in [1.807, 2.05) is 83.1 Å². The molecule has 1 unspecified atom stereocenters. The Hall–Kier alpha value is 0.570. The number of hydrogen-bond acceptors (Lipinski definition) is 6. The highest BCUT2D eigenvalue weighted by Gasteiger charge is 2.38. The van der Waals surface area contributed by atoms with Gasteiger partial charge in [-0.2, -0.15) is 0 Å². The largest absolute Gasteiger partial charge is 0.328 e. The zero-order valence-corrected chi connectivity index (χ0v) is 24.6. The van der Waals surface area contributed by atoms with E-state index in [2.05, 4.69) is 0 Å². The van der Waals surface area contributed by atoms with Crippen LogP contribution in [0.3, 0.4) is 0 Å². The monoisotopic (exact) mass is 502 g/mol. The normalized spacial score (nSPS) is 15.3. The van der Waals surface area contributed by atoms with E-state index < -0.39 is 28.2 Å². The second-order valence-electron chi connectivity index (χ2n) is 10.1. The lowest BCUT2D eigenvalue weighted by molar-refractivity contribution is 0.105. The van der Waals surface area contributed by atoms with Gasteiger partial charge in [0.2, 0.25) is 22.1 Å². The molecule has 6 nitrogen and oxygen atoms in total. The maximum Gasteiger partial charge on any atom is 0.208 e. The van der Waals surface area contributed by atoms with Crippen LogP contribution < -0.4 is 0 Å². The van der Waals surface area contributed by atoms with E-state index in [4.69, 9.17) is 13.6 Å². The maximum atomic E-state index is 13.5. The SMILES string of the molecule is CC(C)P(=O)(OCCC(COP(=O)(C(C)C)C(C)C)OP(=O)(C(C)C)C(C)C)C(C)C. The van der Waals surface area contributed by atoms with Crippen molar-refractivity contribution in [3.63, 3.8) is 0 Å². The van der Waals surface area contributed by atoms with E-state index in [0.717, 1.165) is 0 Å². The molecule has 0 fully saturated rings. The fourth-order valence-electron chi connectivity index (χ4n) is 3.55. The summed E-state index contributed by atoms with van der Waals surface area (Å²) in [5, 5.41) is 0. The van der Waals surface area contributed by atoms with Gasteiger partial charge in [-0.1, -0.05) is 83.1 Å². The Morgan fingerprint density at radius 1 is 0.516 bits per heavy atom. The molecule has 0 aromatic rings. The second kappa shape index (κ2) is 12.9. The standard InChI is InChI=1S/C22H49O6P3/c1-16(2)29(23,17(3)4)26-14-13-22(28-31(25,20(9)10)21(11)12)15-27-30(24,18(5)6)19(7)8/h16-22H,13-15H2,1-12H3. The molecule has 0 aliphatic heterocycles. The molecule has 0 spiro atoms. The first-order valence-electron chi connectivity index (χ1n) is 11.7. The van der Waals surface area contributed by atoms with Crippen LogP contribution in [-0.2, 0) is 27.3 Å². The van der Waals surface area contributed by atoms with Gasteiger partial charge < -0.3 is 13.6 Å². The molecule has 0 aliphatic carbocycles. The smallest absolute Gasteiger partial charge is 0.208 e. The van der Waals surface area contributed by atoms with Gasteiger partial charge in [0.25, 0.3) is 0 Å². The average molecular weight is 503 g/mol. The van der Waals surface area contributed by atoms with Crippen molar-refractivity contribution in [1.29, 1.82) is 0 Å². The lowest BCUT2D eigenvalue weighted by Crippen LogP contribution is -2.26. The molecule has 0 aromatic carbocycles. The zero-order valence-electron chi connectivity index (χ0n) is 22.0. The summed E-state index contributed by atoms with van der Waals surface area (Å²) in [5.74, 6) is 0. The first-order chi connectivity index (χ1) is 13.9. The van der Waals surface area contributed by atoms with Gasteiger partial charge in [0.05, 0.1) is 19.3 Å².